The van der Waals surface area contributed by atoms with Crippen LogP contribution in [0.15, 0.2) is 66.7 Å². The highest BCUT2D eigenvalue weighted by atomic mass is 16.5. The Morgan fingerprint density at radius 3 is 2.23 bits per heavy atom. The molecule has 35 heavy (non-hydrogen) atoms. The molecule has 3 aromatic rings. The van der Waals surface area contributed by atoms with Crippen molar-refractivity contribution >= 4 is 23.7 Å². The standard InChI is InChI=1S/C28H26N2O5/c1-16-18(26(31)29-14-17-13-23(17)27(32)33)11-6-12-25(16)30-28(34)35-15-24-21-9-4-2-7-19(21)20-8-3-5-10-22(20)24/h2-12,17,23-24H,13-15H2,1H3,(H,29,31)(H,30,34)(H,32,33)/t17-,23-/m1/s1. The van der Waals surface area contributed by atoms with Crippen molar-refractivity contribution in [3.63, 3.8) is 0 Å². The van der Waals surface area contributed by atoms with Gasteiger partial charge < -0.3 is 15.2 Å². The Balaban J connectivity index is 1.22. The number of carboxylic acid groups (broad SMARTS) is 1. The Hall–Kier alpha value is -4.13. The van der Waals surface area contributed by atoms with Gasteiger partial charge in [0.2, 0.25) is 0 Å². The Bertz CT molecular complexity index is 1270. The van der Waals surface area contributed by atoms with Crippen LogP contribution in [0.4, 0.5) is 10.5 Å². The molecule has 1 saturated carbocycles. The maximum Gasteiger partial charge on any atom is 0.411 e. The van der Waals surface area contributed by atoms with E-state index in [1.807, 2.05) is 24.3 Å². The van der Waals surface area contributed by atoms with Crippen LogP contribution in [0.2, 0.25) is 0 Å². The molecule has 2 amide bonds. The van der Waals surface area contributed by atoms with Crippen molar-refractivity contribution in [1.29, 1.82) is 0 Å². The number of carbonyl (C=O) groups excluding carboxylic acids is 2. The first-order valence-corrected chi connectivity index (χ1v) is 11.7. The average Bonchev–Trinajstić information content (AvgIpc) is 3.58. The van der Waals surface area contributed by atoms with Gasteiger partial charge in [0.1, 0.15) is 6.61 Å². The number of carboxylic acids is 1. The Kier molecular flexibility index (Phi) is 5.99. The summed E-state index contributed by atoms with van der Waals surface area (Å²) in [6.45, 7) is 2.27. The van der Waals surface area contributed by atoms with Gasteiger partial charge in [-0.2, -0.15) is 0 Å². The molecule has 0 unspecified atom stereocenters. The average molecular weight is 471 g/mol. The Morgan fingerprint density at radius 2 is 1.60 bits per heavy atom. The van der Waals surface area contributed by atoms with Crippen LogP contribution in [-0.4, -0.2) is 36.2 Å². The molecule has 0 aliphatic heterocycles. The van der Waals surface area contributed by atoms with E-state index in [2.05, 4.69) is 34.9 Å². The van der Waals surface area contributed by atoms with Crippen molar-refractivity contribution in [1.82, 2.24) is 5.32 Å². The summed E-state index contributed by atoms with van der Waals surface area (Å²) in [5.74, 6) is -1.57. The molecule has 3 N–H and O–H groups in total. The molecule has 178 valence electrons. The Labute approximate surface area is 203 Å². The molecule has 7 heteroatoms. The first-order chi connectivity index (χ1) is 16.9. The van der Waals surface area contributed by atoms with E-state index in [-0.39, 0.29) is 30.3 Å². The number of fused-ring (bicyclic) bond motifs is 3. The number of nitrogens with one attached hydrogen (secondary N) is 2. The number of anilines is 1. The predicted molar refractivity (Wildman–Crippen MR) is 131 cm³/mol. The van der Waals surface area contributed by atoms with E-state index in [1.54, 1.807) is 25.1 Å². The highest BCUT2D eigenvalue weighted by molar-refractivity contribution is 5.98. The number of ether oxygens (including phenoxy) is 1. The number of rotatable bonds is 7. The number of hydrogen-bond donors (Lipinski definition) is 3. The zero-order valence-electron chi connectivity index (χ0n) is 19.3. The SMILES string of the molecule is Cc1c(NC(=O)OCC2c3ccccc3-c3ccccc32)cccc1C(=O)NC[C@H]1C[C@H]1C(=O)O. The second-order valence-corrected chi connectivity index (χ2v) is 9.08. The maximum absolute atomic E-state index is 12.7. The molecule has 0 heterocycles. The van der Waals surface area contributed by atoms with E-state index in [0.29, 0.717) is 29.8 Å². The summed E-state index contributed by atoms with van der Waals surface area (Å²) in [7, 11) is 0. The van der Waals surface area contributed by atoms with Crippen LogP contribution in [0.5, 0.6) is 0 Å². The van der Waals surface area contributed by atoms with E-state index < -0.39 is 12.1 Å². The zero-order chi connectivity index (χ0) is 24.5. The lowest BCUT2D eigenvalue weighted by atomic mass is 9.98. The second kappa shape index (κ2) is 9.25. The highest BCUT2D eigenvalue weighted by Crippen LogP contribution is 2.44. The molecular formula is C28H26N2O5. The number of hydrogen-bond acceptors (Lipinski definition) is 4. The van der Waals surface area contributed by atoms with Crippen LogP contribution in [0, 0.1) is 18.8 Å². The largest absolute Gasteiger partial charge is 0.481 e. The van der Waals surface area contributed by atoms with Crippen LogP contribution < -0.4 is 10.6 Å². The van der Waals surface area contributed by atoms with E-state index in [0.717, 1.165) is 22.3 Å². The molecule has 0 radical (unpaired) electrons. The van der Waals surface area contributed by atoms with Crippen molar-refractivity contribution in [2.75, 3.05) is 18.5 Å². The molecule has 0 bridgehead atoms. The summed E-state index contributed by atoms with van der Waals surface area (Å²) < 4.78 is 5.61. The van der Waals surface area contributed by atoms with Crippen molar-refractivity contribution in [2.24, 2.45) is 11.8 Å². The summed E-state index contributed by atoms with van der Waals surface area (Å²) in [5.41, 5.74) is 6.12. The molecule has 2 aliphatic carbocycles. The normalized spacial score (nSPS) is 17.7. The fraction of sp³-hybridized carbons (Fsp3) is 0.250. The van der Waals surface area contributed by atoms with Gasteiger partial charge in [-0.1, -0.05) is 54.6 Å². The molecule has 0 saturated heterocycles. The monoisotopic (exact) mass is 470 g/mol. The summed E-state index contributed by atoms with van der Waals surface area (Å²) in [5, 5.41) is 14.6. The summed E-state index contributed by atoms with van der Waals surface area (Å²) in [6.07, 6.45) is -0.00682. The molecule has 0 spiro atoms. The predicted octanol–water partition coefficient (Wildman–Crippen LogP) is 4.81. The van der Waals surface area contributed by atoms with Crippen molar-refractivity contribution < 1.29 is 24.2 Å². The second-order valence-electron chi connectivity index (χ2n) is 9.08. The lowest BCUT2D eigenvalue weighted by Crippen LogP contribution is -2.27. The van der Waals surface area contributed by atoms with Crippen molar-refractivity contribution in [3.05, 3.63) is 89.0 Å². The van der Waals surface area contributed by atoms with Gasteiger partial charge in [0.15, 0.2) is 0 Å². The van der Waals surface area contributed by atoms with Crippen LogP contribution in [0.3, 0.4) is 0 Å². The van der Waals surface area contributed by atoms with Gasteiger partial charge >= 0.3 is 12.1 Å². The topological polar surface area (TPSA) is 105 Å². The molecule has 2 atom stereocenters. The molecule has 7 nitrogen and oxygen atoms in total. The molecule has 1 fully saturated rings. The molecular weight excluding hydrogens is 444 g/mol. The smallest absolute Gasteiger partial charge is 0.411 e. The molecule has 5 rings (SSSR count). The lowest BCUT2D eigenvalue weighted by Gasteiger charge is -2.16. The summed E-state index contributed by atoms with van der Waals surface area (Å²) in [6, 6.07) is 21.4. The first-order valence-electron chi connectivity index (χ1n) is 11.7. The molecule has 0 aromatic heterocycles. The van der Waals surface area contributed by atoms with Gasteiger partial charge in [-0.15, -0.1) is 0 Å². The third-order valence-corrected chi connectivity index (χ3v) is 6.92. The Morgan fingerprint density at radius 1 is 0.943 bits per heavy atom. The molecule has 2 aliphatic rings. The number of benzene rings is 3. The molecule has 3 aromatic carbocycles. The van der Waals surface area contributed by atoms with Crippen LogP contribution >= 0.6 is 0 Å². The number of aliphatic carboxylic acids is 1. The van der Waals surface area contributed by atoms with Gasteiger partial charge in [-0.3, -0.25) is 14.9 Å². The minimum absolute atomic E-state index is 0.0288. The van der Waals surface area contributed by atoms with E-state index in [9.17, 15) is 14.4 Å². The van der Waals surface area contributed by atoms with Gasteiger partial charge in [0.05, 0.1) is 5.92 Å². The van der Waals surface area contributed by atoms with Crippen LogP contribution in [-0.2, 0) is 9.53 Å². The third-order valence-electron chi connectivity index (χ3n) is 6.92. The van der Waals surface area contributed by atoms with Crippen molar-refractivity contribution in [2.45, 2.75) is 19.3 Å². The van der Waals surface area contributed by atoms with Crippen molar-refractivity contribution in [3.8, 4) is 11.1 Å². The zero-order valence-corrected chi connectivity index (χ0v) is 19.3. The minimum Gasteiger partial charge on any atom is -0.481 e. The minimum atomic E-state index is -0.824. The van der Waals surface area contributed by atoms with E-state index in [1.165, 1.54) is 0 Å². The first kappa shape index (κ1) is 22.7. The lowest BCUT2D eigenvalue weighted by molar-refractivity contribution is -0.138. The summed E-state index contributed by atoms with van der Waals surface area (Å²) >= 11 is 0. The van der Waals surface area contributed by atoms with Gasteiger partial charge in [-0.05, 0) is 59.2 Å². The fourth-order valence-corrected chi connectivity index (χ4v) is 4.86. The van der Waals surface area contributed by atoms with E-state index in [4.69, 9.17) is 9.84 Å². The summed E-state index contributed by atoms with van der Waals surface area (Å²) in [4.78, 5) is 36.3. The van der Waals surface area contributed by atoms with Gasteiger partial charge in [0.25, 0.3) is 5.91 Å². The van der Waals surface area contributed by atoms with Gasteiger partial charge in [-0.25, -0.2) is 4.79 Å². The number of amides is 2. The quantitative estimate of drug-likeness (QED) is 0.460. The third kappa shape index (κ3) is 4.49. The van der Waals surface area contributed by atoms with Crippen LogP contribution in [0.1, 0.15) is 39.4 Å². The number of carbonyl (C=O) groups is 3. The fourth-order valence-electron chi connectivity index (χ4n) is 4.86. The maximum atomic E-state index is 12.7. The van der Waals surface area contributed by atoms with Gasteiger partial charge in [0, 0.05) is 23.7 Å². The highest BCUT2D eigenvalue weighted by Gasteiger charge is 2.43. The van der Waals surface area contributed by atoms with Crippen LogP contribution in [0.25, 0.3) is 11.1 Å². The van der Waals surface area contributed by atoms with E-state index >= 15 is 0 Å².